The van der Waals surface area contributed by atoms with Crippen molar-refractivity contribution in [3.8, 4) is 5.75 Å². The minimum atomic E-state index is 0.301. The molecule has 4 rings (SSSR count). The molecule has 0 fully saturated rings. The standard InChI is InChI=1S/C18H19N3O2/c1-12-9-15-10-13(5-6-17(15)22-12)7-8-19-11-14-3-2-4-16-18(14)21-23-20-16/h2-6,10,12,19H,7-9,11H2,1H3. The Balaban J connectivity index is 1.34. The molecule has 1 aromatic heterocycles. The number of nitrogens with one attached hydrogen (secondary N) is 1. The normalized spacial score (nSPS) is 16.5. The van der Waals surface area contributed by atoms with Crippen molar-refractivity contribution in [2.45, 2.75) is 32.4 Å². The van der Waals surface area contributed by atoms with Gasteiger partial charge in [-0.05, 0) is 59.0 Å². The Morgan fingerprint density at radius 3 is 3.13 bits per heavy atom. The fraction of sp³-hybridized carbons (Fsp3) is 0.333. The summed E-state index contributed by atoms with van der Waals surface area (Å²) in [6.07, 6.45) is 2.31. The van der Waals surface area contributed by atoms with E-state index in [0.29, 0.717) is 6.10 Å². The number of hydrogen-bond donors (Lipinski definition) is 1. The number of fused-ring (bicyclic) bond motifs is 2. The molecular formula is C18H19N3O2. The van der Waals surface area contributed by atoms with E-state index in [0.717, 1.165) is 48.3 Å². The van der Waals surface area contributed by atoms with Gasteiger partial charge in [-0.15, -0.1) is 0 Å². The van der Waals surface area contributed by atoms with Gasteiger partial charge in [-0.3, -0.25) is 0 Å². The van der Waals surface area contributed by atoms with Gasteiger partial charge >= 0.3 is 0 Å². The van der Waals surface area contributed by atoms with Crippen LogP contribution in [0.3, 0.4) is 0 Å². The predicted molar refractivity (Wildman–Crippen MR) is 87.5 cm³/mol. The van der Waals surface area contributed by atoms with Crippen LogP contribution in [0.1, 0.15) is 23.6 Å². The third kappa shape index (κ3) is 2.92. The molecule has 1 N–H and O–H groups in total. The summed E-state index contributed by atoms with van der Waals surface area (Å²) in [5.41, 5.74) is 5.42. The van der Waals surface area contributed by atoms with Crippen molar-refractivity contribution >= 4 is 11.0 Å². The number of aromatic nitrogens is 2. The van der Waals surface area contributed by atoms with Gasteiger partial charge in [-0.2, -0.15) is 0 Å². The van der Waals surface area contributed by atoms with Gasteiger partial charge in [0.05, 0.1) is 0 Å². The number of ether oxygens (including phenoxy) is 1. The molecule has 0 saturated carbocycles. The maximum Gasteiger partial charge on any atom is 0.139 e. The highest BCUT2D eigenvalue weighted by Gasteiger charge is 2.18. The van der Waals surface area contributed by atoms with Gasteiger partial charge in [0.1, 0.15) is 22.9 Å². The molecule has 0 spiro atoms. The van der Waals surface area contributed by atoms with E-state index < -0.39 is 0 Å². The summed E-state index contributed by atoms with van der Waals surface area (Å²) in [5, 5.41) is 11.3. The molecule has 0 aliphatic carbocycles. The van der Waals surface area contributed by atoms with E-state index in [1.165, 1.54) is 11.1 Å². The van der Waals surface area contributed by atoms with E-state index in [1.807, 2.05) is 18.2 Å². The average Bonchev–Trinajstić information content (AvgIpc) is 3.16. The first-order valence-corrected chi connectivity index (χ1v) is 7.99. The highest BCUT2D eigenvalue weighted by atomic mass is 16.6. The largest absolute Gasteiger partial charge is 0.490 e. The zero-order valence-electron chi connectivity index (χ0n) is 13.1. The molecule has 1 aliphatic rings. The lowest BCUT2D eigenvalue weighted by atomic mass is 10.0. The van der Waals surface area contributed by atoms with E-state index in [-0.39, 0.29) is 0 Å². The van der Waals surface area contributed by atoms with E-state index in [9.17, 15) is 0 Å². The molecule has 0 radical (unpaired) electrons. The molecule has 23 heavy (non-hydrogen) atoms. The van der Waals surface area contributed by atoms with Crippen LogP contribution in [0.25, 0.3) is 11.0 Å². The number of hydrogen-bond acceptors (Lipinski definition) is 5. The van der Waals surface area contributed by atoms with Crippen LogP contribution in [0, 0.1) is 0 Å². The molecule has 2 aromatic carbocycles. The molecule has 0 amide bonds. The summed E-state index contributed by atoms with van der Waals surface area (Å²) in [4.78, 5) is 0. The molecule has 1 atom stereocenters. The zero-order chi connectivity index (χ0) is 15.6. The van der Waals surface area contributed by atoms with E-state index in [1.54, 1.807) is 0 Å². The Bertz CT molecular complexity index is 828. The van der Waals surface area contributed by atoms with Gasteiger partial charge in [0.15, 0.2) is 0 Å². The Labute approximate surface area is 134 Å². The monoisotopic (exact) mass is 309 g/mol. The van der Waals surface area contributed by atoms with Gasteiger partial charge in [0.25, 0.3) is 0 Å². The SMILES string of the molecule is CC1Cc2cc(CCNCc3cccc4nonc34)ccc2O1. The Kier molecular flexibility index (Phi) is 3.71. The van der Waals surface area contributed by atoms with Crippen LogP contribution in [0.2, 0.25) is 0 Å². The van der Waals surface area contributed by atoms with E-state index in [2.05, 4.69) is 40.8 Å². The van der Waals surface area contributed by atoms with Crippen LogP contribution in [0.15, 0.2) is 41.0 Å². The van der Waals surface area contributed by atoms with Gasteiger partial charge in [0, 0.05) is 13.0 Å². The van der Waals surface area contributed by atoms with Gasteiger partial charge in [-0.1, -0.05) is 24.3 Å². The topological polar surface area (TPSA) is 60.2 Å². The van der Waals surface area contributed by atoms with Crippen molar-refractivity contribution in [1.29, 1.82) is 0 Å². The first-order chi connectivity index (χ1) is 11.3. The fourth-order valence-corrected chi connectivity index (χ4v) is 3.09. The molecular weight excluding hydrogens is 290 g/mol. The van der Waals surface area contributed by atoms with Crippen molar-refractivity contribution in [2.75, 3.05) is 6.54 Å². The second-order valence-electron chi connectivity index (χ2n) is 6.05. The molecule has 0 saturated heterocycles. The van der Waals surface area contributed by atoms with Crippen LogP contribution >= 0.6 is 0 Å². The van der Waals surface area contributed by atoms with Gasteiger partial charge in [-0.25, -0.2) is 4.63 Å². The molecule has 1 aliphatic heterocycles. The van der Waals surface area contributed by atoms with Crippen molar-refractivity contribution < 1.29 is 9.37 Å². The van der Waals surface area contributed by atoms with Crippen LogP contribution in [-0.4, -0.2) is 23.0 Å². The Morgan fingerprint density at radius 2 is 2.17 bits per heavy atom. The number of rotatable bonds is 5. The third-order valence-corrected chi connectivity index (χ3v) is 4.24. The molecule has 5 nitrogen and oxygen atoms in total. The summed E-state index contributed by atoms with van der Waals surface area (Å²) in [7, 11) is 0. The molecule has 2 heterocycles. The highest BCUT2D eigenvalue weighted by molar-refractivity contribution is 5.76. The summed E-state index contributed by atoms with van der Waals surface area (Å²) >= 11 is 0. The molecule has 5 heteroatoms. The average molecular weight is 309 g/mol. The van der Waals surface area contributed by atoms with Crippen molar-refractivity contribution in [2.24, 2.45) is 0 Å². The van der Waals surface area contributed by atoms with Crippen LogP contribution in [0.4, 0.5) is 0 Å². The minimum absolute atomic E-state index is 0.301. The summed E-state index contributed by atoms with van der Waals surface area (Å²) in [6, 6.07) is 12.4. The maximum absolute atomic E-state index is 5.74. The number of benzene rings is 2. The van der Waals surface area contributed by atoms with Crippen molar-refractivity contribution in [3.05, 3.63) is 53.1 Å². The zero-order valence-corrected chi connectivity index (χ0v) is 13.1. The van der Waals surface area contributed by atoms with Gasteiger partial charge in [0.2, 0.25) is 0 Å². The van der Waals surface area contributed by atoms with Gasteiger partial charge < -0.3 is 10.1 Å². The lowest BCUT2D eigenvalue weighted by Crippen LogP contribution is -2.17. The van der Waals surface area contributed by atoms with Crippen molar-refractivity contribution in [1.82, 2.24) is 15.6 Å². The molecule has 0 bridgehead atoms. The third-order valence-electron chi connectivity index (χ3n) is 4.24. The maximum atomic E-state index is 5.74. The Morgan fingerprint density at radius 1 is 1.22 bits per heavy atom. The first kappa shape index (κ1) is 14.2. The lowest BCUT2D eigenvalue weighted by molar-refractivity contribution is 0.254. The van der Waals surface area contributed by atoms with Crippen molar-refractivity contribution in [3.63, 3.8) is 0 Å². The Hall–Kier alpha value is -2.40. The highest BCUT2D eigenvalue weighted by Crippen LogP contribution is 2.29. The smallest absolute Gasteiger partial charge is 0.139 e. The summed E-state index contributed by atoms with van der Waals surface area (Å²) in [6.45, 7) is 3.79. The number of nitrogens with zero attached hydrogens (tertiary/aromatic N) is 2. The van der Waals surface area contributed by atoms with E-state index >= 15 is 0 Å². The molecule has 118 valence electrons. The minimum Gasteiger partial charge on any atom is -0.490 e. The fourth-order valence-electron chi connectivity index (χ4n) is 3.09. The predicted octanol–water partition coefficient (Wildman–Crippen LogP) is 2.88. The second kappa shape index (κ2) is 6.01. The van der Waals surface area contributed by atoms with E-state index in [4.69, 9.17) is 9.37 Å². The second-order valence-corrected chi connectivity index (χ2v) is 6.05. The quantitative estimate of drug-likeness (QED) is 0.734. The van der Waals surface area contributed by atoms with Crippen LogP contribution < -0.4 is 10.1 Å². The van der Waals surface area contributed by atoms with Crippen LogP contribution in [0.5, 0.6) is 5.75 Å². The first-order valence-electron chi connectivity index (χ1n) is 7.99. The molecule has 1 unspecified atom stereocenters. The van der Waals surface area contributed by atoms with Crippen LogP contribution in [-0.2, 0) is 19.4 Å². The lowest BCUT2D eigenvalue weighted by Gasteiger charge is -2.07. The summed E-state index contributed by atoms with van der Waals surface area (Å²) < 4.78 is 10.5. The summed E-state index contributed by atoms with van der Waals surface area (Å²) in [5.74, 6) is 1.04. The molecule has 3 aromatic rings.